The van der Waals surface area contributed by atoms with Gasteiger partial charge in [0.05, 0.1) is 19.3 Å². The quantitative estimate of drug-likeness (QED) is 0.0646. The first-order chi connectivity index (χ1) is 16.5. The predicted molar refractivity (Wildman–Crippen MR) is 133 cm³/mol. The topological polar surface area (TPSA) is 150 Å². The van der Waals surface area contributed by atoms with Gasteiger partial charge in [0.15, 0.2) is 5.79 Å². The Morgan fingerprint density at radius 1 is 1.23 bits per heavy atom. The van der Waals surface area contributed by atoms with Gasteiger partial charge in [-0.25, -0.2) is 0 Å². The Hall–Kier alpha value is -2.83. The normalized spacial score (nSPS) is 12.0. The molecule has 0 bridgehead atoms. The summed E-state index contributed by atoms with van der Waals surface area (Å²) in [7, 11) is 3.09. The Kier molecular flexibility index (Phi) is 20.1. The van der Waals surface area contributed by atoms with Crippen molar-refractivity contribution in [3.8, 4) is 5.75 Å². The number of nitrogens with one attached hydrogen (secondary N) is 1. The first kappa shape index (κ1) is 34.3. The van der Waals surface area contributed by atoms with Gasteiger partial charge >= 0.3 is 5.97 Å². The summed E-state index contributed by atoms with van der Waals surface area (Å²) in [5.41, 5.74) is 2.85. The molecule has 0 spiro atoms. The molecule has 0 fully saturated rings. The van der Waals surface area contributed by atoms with Gasteiger partial charge in [-0.1, -0.05) is 26.0 Å². The molecule has 0 aromatic heterocycles. The number of hydrogen-bond donors (Lipinski definition) is 4. The van der Waals surface area contributed by atoms with Crippen LogP contribution in [0.15, 0.2) is 41.5 Å². The van der Waals surface area contributed by atoms with Crippen molar-refractivity contribution in [1.29, 1.82) is 0 Å². The first-order valence-corrected chi connectivity index (χ1v) is 11.1. The van der Waals surface area contributed by atoms with Crippen molar-refractivity contribution >= 4 is 18.2 Å². The van der Waals surface area contributed by atoms with Gasteiger partial charge in [0.1, 0.15) is 11.6 Å². The number of amides is 1. The van der Waals surface area contributed by atoms with E-state index < -0.39 is 5.79 Å². The van der Waals surface area contributed by atoms with E-state index in [1.165, 1.54) is 45.0 Å². The highest BCUT2D eigenvalue weighted by atomic mass is 16.5. The number of benzene rings is 1. The molecule has 0 aliphatic heterocycles. The van der Waals surface area contributed by atoms with Gasteiger partial charge in [0.25, 0.3) is 0 Å². The highest BCUT2D eigenvalue weighted by Gasteiger charge is 2.10. The maximum absolute atomic E-state index is 11.1. The van der Waals surface area contributed by atoms with E-state index in [1.54, 1.807) is 19.2 Å². The number of hydrogen-bond acceptors (Lipinski definition) is 9. The maximum Gasteiger partial charge on any atom is 0.308 e. The number of hydroxylamine groups is 1. The summed E-state index contributed by atoms with van der Waals surface area (Å²) < 4.78 is 16.0. The molecule has 0 radical (unpaired) electrons. The lowest BCUT2D eigenvalue weighted by Gasteiger charge is -2.19. The number of carbonyl (C=O) groups excluding carboxylic acids is 2. The number of amidine groups is 1. The third-order valence-corrected chi connectivity index (χ3v) is 3.71. The lowest BCUT2D eigenvalue weighted by Crippen LogP contribution is -2.26. The van der Waals surface area contributed by atoms with Crippen molar-refractivity contribution < 1.29 is 39.2 Å². The van der Waals surface area contributed by atoms with Crippen LogP contribution in [0.4, 0.5) is 0 Å². The van der Waals surface area contributed by atoms with Gasteiger partial charge in [-0.15, -0.1) is 0 Å². The van der Waals surface area contributed by atoms with Crippen LogP contribution in [0.3, 0.4) is 0 Å². The molecule has 0 aliphatic rings. The number of carbonyl (C=O) groups is 2. The van der Waals surface area contributed by atoms with Gasteiger partial charge in [-0.05, 0) is 44.0 Å². The van der Waals surface area contributed by atoms with Gasteiger partial charge in [-0.3, -0.25) is 25.3 Å². The number of ether oxygens (including phenoxy) is 3. The van der Waals surface area contributed by atoms with E-state index in [1.807, 2.05) is 31.5 Å². The number of rotatable bonds is 12. The minimum Gasteiger partial charge on any atom is -0.427 e. The molecule has 4 N–H and O–H groups in total. The Balaban J connectivity index is 0. The molecule has 11 nitrogen and oxygen atoms in total. The third-order valence-electron chi connectivity index (χ3n) is 3.71. The second-order valence-corrected chi connectivity index (χ2v) is 7.27. The van der Waals surface area contributed by atoms with Crippen LogP contribution in [0, 0.1) is 0 Å². The second kappa shape index (κ2) is 20.5. The molecule has 11 heteroatoms. The first-order valence-electron chi connectivity index (χ1n) is 11.1. The van der Waals surface area contributed by atoms with Crippen molar-refractivity contribution in [3.63, 3.8) is 0 Å². The highest BCUT2D eigenvalue weighted by Crippen LogP contribution is 2.13. The lowest BCUT2D eigenvalue weighted by atomic mass is 10.2. The Morgan fingerprint density at radius 2 is 1.80 bits per heavy atom. The number of esters is 1. The van der Waals surface area contributed by atoms with E-state index >= 15 is 0 Å². The predicted octanol–water partition coefficient (Wildman–Crippen LogP) is 2.25. The third kappa shape index (κ3) is 21.4. The number of aliphatic hydroxyl groups is 2. The molecule has 1 aromatic carbocycles. The molecule has 35 heavy (non-hydrogen) atoms. The van der Waals surface area contributed by atoms with Crippen molar-refractivity contribution in [3.05, 3.63) is 42.1 Å². The summed E-state index contributed by atoms with van der Waals surface area (Å²) >= 11 is 0. The largest absolute Gasteiger partial charge is 0.427 e. The average Bonchev–Trinajstić information content (AvgIpc) is 2.81. The number of aliphatic imine (C=N–C) groups is 1. The van der Waals surface area contributed by atoms with Gasteiger partial charge in [0, 0.05) is 33.8 Å². The summed E-state index contributed by atoms with van der Waals surface area (Å²) in [6, 6.07) is 7.05. The zero-order valence-corrected chi connectivity index (χ0v) is 21.7. The molecule has 0 saturated heterocycles. The van der Waals surface area contributed by atoms with E-state index in [0.29, 0.717) is 38.3 Å². The maximum atomic E-state index is 11.1. The van der Waals surface area contributed by atoms with Gasteiger partial charge in [-0.2, -0.15) is 0 Å². The Morgan fingerprint density at radius 3 is 2.23 bits per heavy atom. The van der Waals surface area contributed by atoms with Crippen LogP contribution in [0.1, 0.15) is 46.6 Å². The second-order valence-electron chi connectivity index (χ2n) is 7.27. The SMILES string of the molecule is CC.CC(C)(O)O.CN=C(/C=C\N(C=O)CCC(COCc1ccc(OC(C)=O)cc1)OC)NO. The molecule has 1 rings (SSSR count). The summed E-state index contributed by atoms with van der Waals surface area (Å²) in [4.78, 5) is 27.2. The molecule has 1 aromatic rings. The summed E-state index contributed by atoms with van der Waals surface area (Å²) in [6.45, 7) is 9.11. The summed E-state index contributed by atoms with van der Waals surface area (Å²) in [5, 5.41) is 25.0. The molecule has 0 aliphatic carbocycles. The van der Waals surface area contributed by atoms with Crippen LogP contribution in [-0.2, 0) is 25.7 Å². The van der Waals surface area contributed by atoms with E-state index in [-0.39, 0.29) is 17.9 Å². The number of methoxy groups -OCH3 is 1. The Bertz CT molecular complexity index is 740. The van der Waals surface area contributed by atoms with E-state index in [0.717, 1.165) is 5.56 Å². The molecule has 200 valence electrons. The van der Waals surface area contributed by atoms with Crippen molar-refractivity contribution in [2.24, 2.45) is 4.99 Å². The van der Waals surface area contributed by atoms with Crippen LogP contribution in [0.25, 0.3) is 0 Å². The average molecular weight is 500 g/mol. The van der Waals surface area contributed by atoms with Crippen molar-refractivity contribution in [2.75, 3.05) is 27.3 Å². The van der Waals surface area contributed by atoms with Crippen molar-refractivity contribution in [1.82, 2.24) is 10.4 Å². The lowest BCUT2D eigenvalue weighted by molar-refractivity contribution is -0.132. The molecule has 1 amide bonds. The molecular formula is C24H41N3O8. The molecule has 1 atom stereocenters. The van der Waals surface area contributed by atoms with Gasteiger partial charge < -0.3 is 29.3 Å². The summed E-state index contributed by atoms with van der Waals surface area (Å²) in [5.74, 6) is -1.14. The minimum atomic E-state index is -1.50. The molecule has 1 unspecified atom stereocenters. The summed E-state index contributed by atoms with van der Waals surface area (Å²) in [6.07, 6.45) is 4.05. The van der Waals surface area contributed by atoms with Gasteiger partial charge in [0.2, 0.25) is 6.41 Å². The smallest absolute Gasteiger partial charge is 0.308 e. The minimum absolute atomic E-state index is 0.188. The highest BCUT2D eigenvalue weighted by molar-refractivity contribution is 5.91. The molecular weight excluding hydrogens is 458 g/mol. The van der Waals surface area contributed by atoms with Crippen LogP contribution < -0.4 is 10.2 Å². The monoisotopic (exact) mass is 499 g/mol. The molecule has 0 heterocycles. The fourth-order valence-electron chi connectivity index (χ4n) is 2.18. The fraction of sp³-hybridized carbons (Fsp3) is 0.542. The van der Waals surface area contributed by atoms with E-state index in [4.69, 9.17) is 29.6 Å². The van der Waals surface area contributed by atoms with Crippen LogP contribution >= 0.6 is 0 Å². The zero-order valence-electron chi connectivity index (χ0n) is 21.7. The fourth-order valence-corrected chi connectivity index (χ4v) is 2.18. The Labute approximate surface area is 208 Å². The standard InChI is InChI=1S/C19H27N3O6.C3H8O2.C2H6/c1-15(24)28-17-6-4-16(5-7-17)12-27-13-18(26-3)8-10-22(14-23)11-9-19(20-2)21-25;1-3(2,4)5;1-2/h4-7,9,11,14,18,25H,8,10,12-13H2,1-3H3,(H,20,21);4-5H,1-2H3;1-2H3/b11-9-;;. The van der Waals surface area contributed by atoms with E-state index in [2.05, 4.69) is 4.99 Å². The number of nitrogens with zero attached hydrogens (tertiary/aromatic N) is 2. The van der Waals surface area contributed by atoms with Crippen LogP contribution in [-0.4, -0.2) is 77.7 Å². The van der Waals surface area contributed by atoms with Crippen LogP contribution in [0.2, 0.25) is 0 Å². The van der Waals surface area contributed by atoms with Crippen molar-refractivity contribution in [2.45, 2.75) is 59.5 Å². The molecule has 0 saturated carbocycles. The van der Waals surface area contributed by atoms with E-state index in [9.17, 15) is 9.59 Å². The van der Waals surface area contributed by atoms with Crippen LogP contribution in [0.5, 0.6) is 5.75 Å². The zero-order chi connectivity index (χ0) is 27.3.